The van der Waals surface area contributed by atoms with Crippen molar-refractivity contribution in [1.29, 1.82) is 0 Å². The zero-order valence-corrected chi connectivity index (χ0v) is 21.8. The number of carbonyl (C=O) groups excluding carboxylic acids is 4. The van der Waals surface area contributed by atoms with Crippen LogP contribution in [-0.4, -0.2) is 79.8 Å². The molecule has 1 aromatic heterocycles. The van der Waals surface area contributed by atoms with Crippen LogP contribution in [0.25, 0.3) is 11.0 Å². The quantitative estimate of drug-likeness (QED) is 0.542. The van der Waals surface area contributed by atoms with Gasteiger partial charge >= 0.3 is 12.1 Å². The number of amides is 5. The number of carbonyl (C=O) groups is 4. The highest BCUT2D eigenvalue weighted by molar-refractivity contribution is 6.20. The highest BCUT2D eigenvalue weighted by atomic mass is 19.1. The van der Waals surface area contributed by atoms with Crippen LogP contribution in [-0.2, 0) is 30.2 Å². The fourth-order valence-electron chi connectivity index (χ4n) is 6.41. The van der Waals surface area contributed by atoms with Gasteiger partial charge in [-0.25, -0.2) is 18.9 Å². The summed E-state index contributed by atoms with van der Waals surface area (Å²) in [6.07, 6.45) is -1.86. The smallest absolute Gasteiger partial charge is 0.416 e. The molecule has 2 aromatic rings. The predicted molar refractivity (Wildman–Crippen MR) is 132 cm³/mol. The number of ether oxygens (including phenoxy) is 3. The van der Waals surface area contributed by atoms with Gasteiger partial charge in [-0.15, -0.1) is 0 Å². The zero-order valence-electron chi connectivity index (χ0n) is 21.8. The van der Waals surface area contributed by atoms with Crippen LogP contribution in [0.3, 0.4) is 0 Å². The van der Waals surface area contributed by atoms with Gasteiger partial charge in [-0.1, -0.05) is 12.1 Å². The van der Waals surface area contributed by atoms with Gasteiger partial charge in [-0.3, -0.25) is 20.2 Å². The van der Waals surface area contributed by atoms with Gasteiger partial charge in [0, 0.05) is 20.1 Å². The van der Waals surface area contributed by atoms with Crippen LogP contribution in [0.4, 0.5) is 25.5 Å². The first-order chi connectivity index (χ1) is 18.6. The third-order valence-electron chi connectivity index (χ3n) is 8.26. The van der Waals surface area contributed by atoms with Crippen molar-refractivity contribution >= 4 is 46.4 Å². The summed E-state index contributed by atoms with van der Waals surface area (Å²) in [5.41, 5.74) is -1.47. The lowest BCUT2D eigenvalue weighted by molar-refractivity contribution is -0.154. The molecule has 4 aliphatic heterocycles. The first kappa shape index (κ1) is 25.5. The Hall–Kier alpha value is -3.78. The number of halogens is 1. The predicted octanol–water partition coefficient (Wildman–Crippen LogP) is 1.61. The van der Waals surface area contributed by atoms with E-state index in [0.717, 1.165) is 0 Å². The van der Waals surface area contributed by atoms with E-state index in [4.69, 9.17) is 18.7 Å². The molecule has 3 saturated heterocycles. The summed E-state index contributed by atoms with van der Waals surface area (Å²) in [5, 5.41) is 8.65. The maximum Gasteiger partial charge on any atom is 0.416 e. The molecule has 4 aliphatic rings. The van der Waals surface area contributed by atoms with Crippen molar-refractivity contribution < 1.29 is 42.3 Å². The molecular formula is C25H28FN5O8. The first-order valence-electron chi connectivity index (χ1n) is 12.8. The number of urea groups is 1. The van der Waals surface area contributed by atoms with E-state index in [1.807, 2.05) is 13.8 Å². The number of nitrogens with zero attached hydrogens (tertiary/aromatic N) is 3. The average molecular weight is 546 g/mol. The molecule has 0 saturated carbocycles. The number of morpholine rings is 1. The fourth-order valence-corrected chi connectivity index (χ4v) is 6.41. The van der Waals surface area contributed by atoms with E-state index < -0.39 is 59.5 Å². The normalized spacial score (nSPS) is 28.7. The van der Waals surface area contributed by atoms with Crippen molar-refractivity contribution in [1.82, 2.24) is 15.8 Å². The van der Waals surface area contributed by atoms with E-state index in [-0.39, 0.29) is 48.2 Å². The number of cyclic esters (lactones) is 1. The number of nitrogens with one attached hydrogen (secondary N) is 2. The monoisotopic (exact) mass is 545 g/mol. The lowest BCUT2D eigenvalue weighted by atomic mass is 9.66. The van der Waals surface area contributed by atoms with Crippen LogP contribution in [0.15, 0.2) is 10.6 Å². The van der Waals surface area contributed by atoms with Crippen molar-refractivity contribution in [3.63, 3.8) is 0 Å². The first-order valence-corrected chi connectivity index (χ1v) is 12.8. The lowest BCUT2D eigenvalue weighted by Crippen LogP contribution is -2.75. The van der Waals surface area contributed by atoms with Gasteiger partial charge in [-0.2, -0.15) is 0 Å². The number of hydrogen-bond acceptors (Lipinski definition) is 10. The topological polar surface area (TPSA) is 153 Å². The second kappa shape index (κ2) is 8.88. The minimum absolute atomic E-state index is 0.0359. The molecule has 0 aliphatic carbocycles. The molecule has 39 heavy (non-hydrogen) atoms. The third kappa shape index (κ3) is 3.47. The number of hydrogen-bond donors (Lipinski definition) is 2. The lowest BCUT2D eigenvalue weighted by Gasteiger charge is -2.55. The minimum Gasteiger partial charge on any atom is -0.447 e. The molecule has 5 amide bonds. The van der Waals surface area contributed by atoms with Gasteiger partial charge in [0.05, 0.1) is 35.4 Å². The Bertz CT molecular complexity index is 1390. The molecule has 14 heteroatoms. The number of methoxy groups -OCH3 is 1. The Morgan fingerprint density at radius 2 is 1.97 bits per heavy atom. The third-order valence-corrected chi connectivity index (χ3v) is 8.26. The second-order valence-corrected chi connectivity index (χ2v) is 10.4. The van der Waals surface area contributed by atoms with Crippen molar-refractivity contribution in [2.24, 2.45) is 5.41 Å². The molecule has 208 valence electrons. The standard InChI is InChI=1S/C25H28FN5O8/c1-5-15-19-25(21(32)27-23(34)28-22(25)33)7-12-6-13-18(16(26)17(12)30(19)8-10(2)38-15)39-29-20(13)31-14(11(3)36-4)9-37-24(31)35/h6,10-11,14-15,19H,5,7-9H2,1-4H3,(H2,27,28,32,33,34)/t10-,11-,14-,15+,19-/m1/s1. The molecule has 5 heterocycles. The highest BCUT2D eigenvalue weighted by Crippen LogP contribution is 2.50. The number of barbiturate groups is 1. The summed E-state index contributed by atoms with van der Waals surface area (Å²) in [6.45, 7) is 5.66. The molecule has 0 bridgehead atoms. The van der Waals surface area contributed by atoms with E-state index in [0.29, 0.717) is 12.0 Å². The SMILES string of the molecule is CC[C@@H]1O[C@H](C)CN2c3c(cc4c(N5C(=O)OC[C@@H]5[C@@H](C)OC)noc4c3F)CC3(C(=O)NC(=O)NC3=O)[C@@H]12. The molecule has 13 nitrogen and oxygen atoms in total. The summed E-state index contributed by atoms with van der Waals surface area (Å²) < 4.78 is 38.6. The molecular weight excluding hydrogens is 517 g/mol. The van der Waals surface area contributed by atoms with Crippen molar-refractivity contribution in [3.05, 3.63) is 17.4 Å². The van der Waals surface area contributed by atoms with Gasteiger partial charge in [0.15, 0.2) is 17.1 Å². The van der Waals surface area contributed by atoms with Crippen molar-refractivity contribution in [2.45, 2.75) is 64.0 Å². The summed E-state index contributed by atoms with van der Waals surface area (Å²) >= 11 is 0. The fraction of sp³-hybridized carbons (Fsp3) is 0.560. The van der Waals surface area contributed by atoms with Crippen LogP contribution in [0, 0.1) is 11.2 Å². The second-order valence-electron chi connectivity index (χ2n) is 10.4. The number of anilines is 2. The molecule has 6 rings (SSSR count). The molecule has 5 atom stereocenters. The molecule has 3 fully saturated rings. The van der Waals surface area contributed by atoms with Crippen LogP contribution < -0.4 is 20.4 Å². The number of fused-ring (bicyclic) bond motifs is 5. The van der Waals surface area contributed by atoms with Gasteiger partial charge < -0.3 is 23.6 Å². The molecule has 1 spiro atoms. The van der Waals surface area contributed by atoms with E-state index in [1.165, 1.54) is 12.0 Å². The summed E-state index contributed by atoms with van der Waals surface area (Å²) in [4.78, 5) is 54.6. The van der Waals surface area contributed by atoms with E-state index in [2.05, 4.69) is 15.8 Å². The summed E-state index contributed by atoms with van der Waals surface area (Å²) in [7, 11) is 1.50. The minimum atomic E-state index is -1.78. The van der Waals surface area contributed by atoms with E-state index in [1.54, 1.807) is 17.9 Å². The Kier molecular flexibility index (Phi) is 5.80. The Labute approximate surface area is 221 Å². The summed E-state index contributed by atoms with van der Waals surface area (Å²) in [5.74, 6) is -2.26. The number of rotatable bonds is 4. The Balaban J connectivity index is 1.56. The van der Waals surface area contributed by atoms with Crippen molar-refractivity contribution in [2.75, 3.05) is 30.1 Å². The van der Waals surface area contributed by atoms with Crippen LogP contribution in [0.5, 0.6) is 0 Å². The molecule has 0 unspecified atom stereocenters. The van der Waals surface area contributed by atoms with Gasteiger partial charge in [0.2, 0.25) is 17.4 Å². The zero-order chi connectivity index (χ0) is 27.8. The van der Waals surface area contributed by atoms with E-state index in [9.17, 15) is 19.2 Å². The van der Waals surface area contributed by atoms with Crippen molar-refractivity contribution in [3.8, 4) is 0 Å². The molecule has 1 aromatic carbocycles. The van der Waals surface area contributed by atoms with Gasteiger partial charge in [0.1, 0.15) is 12.6 Å². The Morgan fingerprint density at radius 3 is 2.64 bits per heavy atom. The maximum atomic E-state index is 16.4. The van der Waals surface area contributed by atoms with Gasteiger partial charge in [0.25, 0.3) is 0 Å². The van der Waals surface area contributed by atoms with Crippen LogP contribution >= 0.6 is 0 Å². The largest absolute Gasteiger partial charge is 0.447 e. The molecule has 0 radical (unpaired) electrons. The highest BCUT2D eigenvalue weighted by Gasteiger charge is 2.63. The van der Waals surface area contributed by atoms with Crippen LogP contribution in [0.2, 0.25) is 0 Å². The molecule has 2 N–H and O–H groups in total. The van der Waals surface area contributed by atoms with Gasteiger partial charge in [-0.05, 0) is 31.9 Å². The average Bonchev–Trinajstić information content (AvgIpc) is 3.48. The number of aromatic nitrogens is 1. The number of imide groups is 2. The summed E-state index contributed by atoms with van der Waals surface area (Å²) in [6, 6.07) is -0.776. The van der Waals surface area contributed by atoms with Crippen LogP contribution in [0.1, 0.15) is 32.8 Å². The maximum absolute atomic E-state index is 16.4. The Morgan fingerprint density at radius 1 is 1.26 bits per heavy atom. The van der Waals surface area contributed by atoms with E-state index >= 15 is 4.39 Å². The number of benzene rings is 1.